The molecule has 4 rings (SSSR count). The van der Waals surface area contributed by atoms with Gasteiger partial charge in [-0.15, -0.1) is 10.2 Å². The monoisotopic (exact) mass is 393 g/mol. The lowest BCUT2D eigenvalue weighted by Crippen LogP contribution is -2.23. The predicted octanol–water partition coefficient (Wildman–Crippen LogP) is 3.92. The van der Waals surface area contributed by atoms with Crippen molar-refractivity contribution in [2.24, 2.45) is 7.05 Å². The number of aromatic nitrogens is 4. The summed E-state index contributed by atoms with van der Waals surface area (Å²) in [4.78, 5) is 18.9. The minimum Gasteiger partial charge on any atom is -0.321 e. The average Bonchev–Trinajstić information content (AvgIpc) is 3.24. The molecule has 1 amide bonds. The molecule has 1 atom stereocenters. The van der Waals surface area contributed by atoms with Gasteiger partial charge in [-0.1, -0.05) is 19.1 Å². The molecule has 0 fully saturated rings. The lowest BCUT2D eigenvalue weighted by Gasteiger charge is -2.20. The fourth-order valence-corrected chi connectivity index (χ4v) is 3.83. The number of benzene rings is 1. The van der Waals surface area contributed by atoms with Crippen LogP contribution in [0.15, 0.2) is 42.9 Å². The second-order valence-corrected chi connectivity index (χ2v) is 8.11. The number of carbonyl (C=O) groups excluding carboxylic acids is 1. The van der Waals surface area contributed by atoms with E-state index in [-0.39, 0.29) is 11.8 Å². The zero-order valence-corrected chi connectivity index (χ0v) is 17.1. The van der Waals surface area contributed by atoms with Gasteiger partial charge in [-0.3, -0.25) is 9.78 Å². The van der Waals surface area contributed by atoms with Gasteiger partial charge >= 0.3 is 0 Å². The summed E-state index contributed by atoms with van der Waals surface area (Å²) >= 11 is 0. The number of halogens is 1. The van der Waals surface area contributed by atoms with Gasteiger partial charge in [0.1, 0.15) is 17.8 Å². The van der Waals surface area contributed by atoms with E-state index >= 15 is 0 Å². The third kappa shape index (κ3) is 3.52. The van der Waals surface area contributed by atoms with E-state index < -0.39 is 5.67 Å². The van der Waals surface area contributed by atoms with Crippen LogP contribution >= 0.6 is 0 Å². The van der Waals surface area contributed by atoms with E-state index in [1.807, 2.05) is 29.8 Å². The molecule has 7 heteroatoms. The van der Waals surface area contributed by atoms with E-state index in [2.05, 4.69) is 28.2 Å². The van der Waals surface area contributed by atoms with Crippen molar-refractivity contribution < 1.29 is 9.18 Å². The lowest BCUT2D eigenvalue weighted by atomic mass is 9.96. The highest BCUT2D eigenvalue weighted by Gasteiger charge is 2.35. The van der Waals surface area contributed by atoms with E-state index in [0.29, 0.717) is 23.4 Å². The van der Waals surface area contributed by atoms with Gasteiger partial charge in [0, 0.05) is 36.5 Å². The van der Waals surface area contributed by atoms with Gasteiger partial charge in [-0.25, -0.2) is 4.39 Å². The largest absolute Gasteiger partial charge is 0.321 e. The molecule has 6 nitrogen and oxygen atoms in total. The average molecular weight is 393 g/mol. The van der Waals surface area contributed by atoms with Crippen LogP contribution in [-0.2, 0) is 25.7 Å². The third-order valence-corrected chi connectivity index (χ3v) is 5.46. The lowest BCUT2D eigenvalue weighted by molar-refractivity contribution is 0.0996. The van der Waals surface area contributed by atoms with Gasteiger partial charge in [-0.05, 0) is 43.5 Å². The Balaban J connectivity index is 1.62. The molecule has 1 aromatic carbocycles. The summed E-state index contributed by atoms with van der Waals surface area (Å²) in [6, 6.07) is 9.62. The van der Waals surface area contributed by atoms with Crippen LogP contribution in [0.2, 0.25) is 0 Å². The van der Waals surface area contributed by atoms with Crippen LogP contribution in [0, 0.1) is 0 Å². The number of pyridine rings is 1. The summed E-state index contributed by atoms with van der Waals surface area (Å²) in [6.07, 6.45) is 3.95. The Kier molecular flexibility index (Phi) is 4.68. The highest BCUT2D eigenvalue weighted by molar-refractivity contribution is 6.10. The molecular weight excluding hydrogens is 369 g/mol. The van der Waals surface area contributed by atoms with Crippen molar-refractivity contribution in [1.29, 1.82) is 0 Å². The maximum Gasteiger partial charge on any atom is 0.259 e. The van der Waals surface area contributed by atoms with Crippen molar-refractivity contribution in [2.75, 3.05) is 4.90 Å². The minimum atomic E-state index is -1.60. The molecule has 29 heavy (non-hydrogen) atoms. The summed E-state index contributed by atoms with van der Waals surface area (Å²) in [5, 5.41) is 8.09. The molecule has 3 heterocycles. The second kappa shape index (κ2) is 7.06. The molecule has 1 aliphatic heterocycles. The number of anilines is 1. The number of carbonyl (C=O) groups is 1. The Hall–Kier alpha value is -3.09. The molecule has 1 unspecified atom stereocenters. The first-order chi connectivity index (χ1) is 13.8. The Morgan fingerprint density at radius 2 is 2.07 bits per heavy atom. The maximum absolute atomic E-state index is 14.6. The highest BCUT2D eigenvalue weighted by Crippen LogP contribution is 2.36. The van der Waals surface area contributed by atoms with Gasteiger partial charge in [0.05, 0.1) is 12.2 Å². The molecule has 0 saturated carbocycles. The first-order valence-corrected chi connectivity index (χ1v) is 9.67. The van der Waals surface area contributed by atoms with Crippen LogP contribution in [-0.4, -0.2) is 25.7 Å². The van der Waals surface area contributed by atoms with Crippen molar-refractivity contribution in [2.45, 2.75) is 45.3 Å². The quantitative estimate of drug-likeness (QED) is 0.659. The zero-order chi connectivity index (χ0) is 20.8. The van der Waals surface area contributed by atoms with Gasteiger partial charge in [0.2, 0.25) is 0 Å². The summed E-state index contributed by atoms with van der Waals surface area (Å²) in [7, 11) is 1.93. The highest BCUT2D eigenvalue weighted by atomic mass is 19.1. The molecule has 3 aromatic rings. The van der Waals surface area contributed by atoms with Gasteiger partial charge in [-0.2, -0.15) is 0 Å². The summed E-state index contributed by atoms with van der Waals surface area (Å²) in [6.45, 7) is 5.39. The first kappa shape index (κ1) is 19.2. The molecule has 2 aromatic heterocycles. The van der Waals surface area contributed by atoms with Crippen molar-refractivity contribution >= 4 is 11.6 Å². The molecule has 0 bridgehead atoms. The summed E-state index contributed by atoms with van der Waals surface area (Å²) in [5.41, 5.74) is 1.83. The van der Waals surface area contributed by atoms with Gasteiger partial charge in [0.25, 0.3) is 5.91 Å². The van der Waals surface area contributed by atoms with Crippen molar-refractivity contribution in [3.63, 3.8) is 0 Å². The Bertz CT molecular complexity index is 1070. The second-order valence-electron chi connectivity index (χ2n) is 8.11. The van der Waals surface area contributed by atoms with Crippen LogP contribution in [0.1, 0.15) is 59.7 Å². The third-order valence-electron chi connectivity index (χ3n) is 5.46. The normalized spacial score (nSPS) is 14.9. The Morgan fingerprint density at radius 1 is 1.28 bits per heavy atom. The van der Waals surface area contributed by atoms with Crippen molar-refractivity contribution in [1.82, 2.24) is 19.7 Å². The molecule has 0 radical (unpaired) electrons. The molecule has 150 valence electrons. The molecule has 0 aliphatic carbocycles. The maximum atomic E-state index is 14.6. The number of fused-ring (bicyclic) bond motifs is 1. The minimum absolute atomic E-state index is 0.119. The molecule has 0 N–H and O–H groups in total. The topological polar surface area (TPSA) is 63.9 Å². The van der Waals surface area contributed by atoms with Crippen LogP contribution in [0.3, 0.4) is 0 Å². The van der Waals surface area contributed by atoms with E-state index in [9.17, 15) is 9.18 Å². The van der Waals surface area contributed by atoms with E-state index in [0.717, 1.165) is 23.5 Å². The van der Waals surface area contributed by atoms with Crippen LogP contribution in [0.25, 0.3) is 0 Å². The number of nitrogens with zero attached hydrogens (tertiary/aromatic N) is 5. The number of hydrogen-bond donors (Lipinski definition) is 0. The van der Waals surface area contributed by atoms with E-state index in [1.54, 1.807) is 17.3 Å². The van der Waals surface area contributed by atoms with E-state index in [4.69, 9.17) is 0 Å². The summed E-state index contributed by atoms with van der Waals surface area (Å²) < 4.78 is 16.5. The molecule has 1 aliphatic rings. The molecule has 0 spiro atoms. The number of rotatable bonds is 5. The standard InChI is InChI=1S/C22H24FN5O/c1-14(10-19-26-25-13-27(19)4)15-6-5-7-16(11-15)28-12-18-17(21(28)29)8-9-24-20(18)22(2,3)23/h5-9,11,13-14H,10,12H2,1-4H3. The van der Waals surface area contributed by atoms with Crippen LogP contribution < -0.4 is 4.90 Å². The zero-order valence-electron chi connectivity index (χ0n) is 17.1. The van der Waals surface area contributed by atoms with E-state index in [1.165, 1.54) is 20.0 Å². The van der Waals surface area contributed by atoms with Gasteiger partial charge < -0.3 is 9.47 Å². The Labute approximate surface area is 169 Å². The van der Waals surface area contributed by atoms with Gasteiger partial charge in [0.15, 0.2) is 0 Å². The van der Waals surface area contributed by atoms with Crippen LogP contribution in [0.5, 0.6) is 0 Å². The number of hydrogen-bond acceptors (Lipinski definition) is 4. The fourth-order valence-electron chi connectivity index (χ4n) is 3.83. The molecule has 0 saturated heterocycles. The first-order valence-electron chi connectivity index (χ1n) is 9.67. The smallest absolute Gasteiger partial charge is 0.259 e. The van der Waals surface area contributed by atoms with Crippen molar-refractivity contribution in [3.05, 3.63) is 71.1 Å². The number of alkyl halides is 1. The van der Waals surface area contributed by atoms with Crippen molar-refractivity contribution in [3.8, 4) is 0 Å². The number of aryl methyl sites for hydroxylation is 1. The summed E-state index contributed by atoms with van der Waals surface area (Å²) in [5.74, 6) is 0.999. The molecular formula is C22H24FN5O. The predicted molar refractivity (Wildman–Crippen MR) is 108 cm³/mol. The van der Waals surface area contributed by atoms with Crippen LogP contribution in [0.4, 0.5) is 10.1 Å². The SMILES string of the molecule is CC(Cc1nncn1C)c1cccc(N2Cc3c(ccnc3C(C)(C)F)C2=O)c1. The fraction of sp³-hybridized carbons (Fsp3) is 0.364. The Morgan fingerprint density at radius 3 is 2.76 bits per heavy atom. The number of amides is 1.